The molecule has 0 fully saturated rings. The summed E-state index contributed by atoms with van der Waals surface area (Å²) in [7, 11) is -3.53. The topological polar surface area (TPSA) is 37.4 Å². The Morgan fingerprint density at radius 1 is 1.00 bits per heavy atom. The molecule has 0 atom stereocenters. The Kier molecular flexibility index (Phi) is 5.39. The van der Waals surface area contributed by atoms with E-state index in [1.54, 1.807) is 24.3 Å². The average Bonchev–Trinajstić information content (AvgIpc) is 2.48. The SMILES string of the molecule is Cc1ccc(S(=O)(=O)N(CCCl)Cc2ccccc2)cc1. The quantitative estimate of drug-likeness (QED) is 0.764. The Hall–Kier alpha value is -1.36. The first-order chi connectivity index (χ1) is 10.0. The van der Waals surface area contributed by atoms with E-state index in [1.165, 1.54) is 4.31 Å². The van der Waals surface area contributed by atoms with E-state index in [0.29, 0.717) is 11.4 Å². The molecule has 0 unspecified atom stereocenters. The molecule has 0 aliphatic rings. The first kappa shape index (κ1) is 16.0. The molecule has 0 bridgehead atoms. The summed E-state index contributed by atoms with van der Waals surface area (Å²) in [5.41, 5.74) is 1.97. The van der Waals surface area contributed by atoms with Gasteiger partial charge in [0.15, 0.2) is 0 Å². The number of aryl methyl sites for hydroxylation is 1. The monoisotopic (exact) mass is 323 g/mol. The van der Waals surface area contributed by atoms with Crippen molar-refractivity contribution in [3.8, 4) is 0 Å². The van der Waals surface area contributed by atoms with Crippen molar-refractivity contribution in [2.75, 3.05) is 12.4 Å². The summed E-state index contributed by atoms with van der Waals surface area (Å²) in [6.45, 7) is 2.54. The molecule has 2 aromatic carbocycles. The van der Waals surface area contributed by atoms with E-state index in [-0.39, 0.29) is 12.4 Å². The third-order valence-corrected chi connectivity index (χ3v) is 5.22. The number of hydrogen-bond donors (Lipinski definition) is 0. The molecule has 0 amide bonds. The van der Waals surface area contributed by atoms with Gasteiger partial charge in [0.1, 0.15) is 0 Å². The minimum atomic E-state index is -3.53. The van der Waals surface area contributed by atoms with E-state index >= 15 is 0 Å². The summed E-state index contributed by atoms with van der Waals surface area (Å²) in [5.74, 6) is 0.262. The molecule has 0 spiro atoms. The van der Waals surface area contributed by atoms with Crippen LogP contribution in [0.15, 0.2) is 59.5 Å². The predicted octanol–water partition coefficient (Wildman–Crippen LogP) is 3.42. The highest BCUT2D eigenvalue weighted by atomic mass is 35.5. The molecule has 0 heterocycles. The fourth-order valence-electron chi connectivity index (χ4n) is 2.02. The van der Waals surface area contributed by atoms with Gasteiger partial charge in [-0.3, -0.25) is 0 Å². The molecule has 5 heteroatoms. The van der Waals surface area contributed by atoms with Gasteiger partial charge in [0, 0.05) is 19.0 Å². The van der Waals surface area contributed by atoms with Crippen molar-refractivity contribution < 1.29 is 8.42 Å². The molecule has 0 saturated carbocycles. The van der Waals surface area contributed by atoms with Gasteiger partial charge < -0.3 is 0 Å². The zero-order valence-electron chi connectivity index (χ0n) is 11.9. The first-order valence-corrected chi connectivity index (χ1v) is 8.68. The van der Waals surface area contributed by atoms with Gasteiger partial charge in [-0.05, 0) is 24.6 Å². The van der Waals surface area contributed by atoms with Gasteiger partial charge in [-0.15, -0.1) is 11.6 Å². The average molecular weight is 324 g/mol. The van der Waals surface area contributed by atoms with Crippen LogP contribution in [-0.2, 0) is 16.6 Å². The second-order valence-corrected chi connectivity index (χ2v) is 7.14. The molecule has 0 N–H and O–H groups in total. The molecular formula is C16H18ClNO2S. The van der Waals surface area contributed by atoms with Gasteiger partial charge in [0.05, 0.1) is 4.90 Å². The maximum atomic E-state index is 12.7. The smallest absolute Gasteiger partial charge is 0.207 e. The van der Waals surface area contributed by atoms with Gasteiger partial charge >= 0.3 is 0 Å². The first-order valence-electron chi connectivity index (χ1n) is 6.71. The fourth-order valence-corrected chi connectivity index (χ4v) is 3.76. The van der Waals surface area contributed by atoms with Crippen molar-refractivity contribution in [1.29, 1.82) is 0 Å². The Labute approximate surface area is 131 Å². The van der Waals surface area contributed by atoms with Crippen molar-refractivity contribution in [2.45, 2.75) is 18.4 Å². The number of benzene rings is 2. The van der Waals surface area contributed by atoms with Crippen LogP contribution in [-0.4, -0.2) is 25.1 Å². The Bertz CT molecular complexity index is 669. The third-order valence-electron chi connectivity index (χ3n) is 3.19. The highest BCUT2D eigenvalue weighted by molar-refractivity contribution is 7.89. The summed E-state index contributed by atoms with van der Waals surface area (Å²) in [6, 6.07) is 16.4. The van der Waals surface area contributed by atoms with Gasteiger partial charge in [0.2, 0.25) is 10.0 Å². The number of rotatable bonds is 6. The highest BCUT2D eigenvalue weighted by Gasteiger charge is 2.23. The Morgan fingerprint density at radius 2 is 1.62 bits per heavy atom. The van der Waals surface area contributed by atoms with Crippen LogP contribution >= 0.6 is 11.6 Å². The van der Waals surface area contributed by atoms with Crippen LogP contribution in [0.2, 0.25) is 0 Å². The highest BCUT2D eigenvalue weighted by Crippen LogP contribution is 2.19. The van der Waals surface area contributed by atoms with Crippen LogP contribution in [0.4, 0.5) is 0 Å². The molecule has 3 nitrogen and oxygen atoms in total. The molecule has 0 saturated heterocycles. The van der Waals surface area contributed by atoms with E-state index in [1.807, 2.05) is 37.3 Å². The minimum Gasteiger partial charge on any atom is -0.207 e. The van der Waals surface area contributed by atoms with Crippen molar-refractivity contribution in [3.63, 3.8) is 0 Å². The fraction of sp³-hybridized carbons (Fsp3) is 0.250. The standard InChI is InChI=1S/C16H18ClNO2S/c1-14-7-9-16(10-8-14)21(19,20)18(12-11-17)13-15-5-3-2-4-6-15/h2-10H,11-13H2,1H3. The maximum absolute atomic E-state index is 12.7. The van der Waals surface area contributed by atoms with Crippen molar-refractivity contribution in [2.24, 2.45) is 0 Å². The summed E-state index contributed by atoms with van der Waals surface area (Å²) >= 11 is 5.78. The Balaban J connectivity index is 2.30. The van der Waals surface area contributed by atoms with E-state index in [2.05, 4.69) is 0 Å². The zero-order valence-corrected chi connectivity index (χ0v) is 13.4. The zero-order chi connectivity index (χ0) is 15.3. The van der Waals surface area contributed by atoms with Crippen LogP contribution < -0.4 is 0 Å². The number of sulfonamides is 1. The van der Waals surface area contributed by atoms with Crippen LogP contribution in [0.25, 0.3) is 0 Å². The summed E-state index contributed by atoms with van der Waals surface area (Å²) in [5, 5.41) is 0. The van der Waals surface area contributed by atoms with Crippen LogP contribution in [0.3, 0.4) is 0 Å². The molecule has 112 valence electrons. The molecule has 0 aliphatic carbocycles. The second-order valence-electron chi connectivity index (χ2n) is 4.83. The molecule has 2 aromatic rings. The third kappa shape index (κ3) is 4.06. The number of nitrogens with zero attached hydrogens (tertiary/aromatic N) is 1. The van der Waals surface area contributed by atoms with Crippen molar-refractivity contribution >= 4 is 21.6 Å². The van der Waals surface area contributed by atoms with E-state index in [0.717, 1.165) is 11.1 Å². The molecule has 2 rings (SSSR count). The van der Waals surface area contributed by atoms with E-state index in [4.69, 9.17) is 11.6 Å². The predicted molar refractivity (Wildman–Crippen MR) is 85.9 cm³/mol. The lowest BCUT2D eigenvalue weighted by atomic mass is 10.2. The number of hydrogen-bond acceptors (Lipinski definition) is 2. The van der Waals surface area contributed by atoms with E-state index < -0.39 is 10.0 Å². The molecule has 0 aromatic heterocycles. The summed E-state index contributed by atoms with van der Waals surface area (Å²) < 4.78 is 26.8. The van der Waals surface area contributed by atoms with Gasteiger partial charge in [0.25, 0.3) is 0 Å². The lowest BCUT2D eigenvalue weighted by Crippen LogP contribution is -2.32. The van der Waals surface area contributed by atoms with E-state index in [9.17, 15) is 8.42 Å². The van der Waals surface area contributed by atoms with Gasteiger partial charge in [-0.2, -0.15) is 4.31 Å². The van der Waals surface area contributed by atoms with Crippen LogP contribution in [0.5, 0.6) is 0 Å². The van der Waals surface area contributed by atoms with Crippen LogP contribution in [0.1, 0.15) is 11.1 Å². The lowest BCUT2D eigenvalue weighted by Gasteiger charge is -2.21. The maximum Gasteiger partial charge on any atom is 0.243 e. The Morgan fingerprint density at radius 3 is 2.19 bits per heavy atom. The lowest BCUT2D eigenvalue weighted by molar-refractivity contribution is 0.425. The molecule has 0 aliphatic heterocycles. The molecule has 0 radical (unpaired) electrons. The summed E-state index contributed by atoms with van der Waals surface area (Å²) in [6.07, 6.45) is 0. The van der Waals surface area contributed by atoms with Gasteiger partial charge in [-0.1, -0.05) is 48.0 Å². The number of halogens is 1. The normalized spacial score (nSPS) is 11.8. The summed E-state index contributed by atoms with van der Waals surface area (Å²) in [4.78, 5) is 0.300. The van der Waals surface area contributed by atoms with Crippen molar-refractivity contribution in [3.05, 3.63) is 65.7 Å². The van der Waals surface area contributed by atoms with Gasteiger partial charge in [-0.25, -0.2) is 8.42 Å². The largest absolute Gasteiger partial charge is 0.243 e. The van der Waals surface area contributed by atoms with Crippen LogP contribution in [0, 0.1) is 6.92 Å². The minimum absolute atomic E-state index is 0.262. The molecular weight excluding hydrogens is 306 g/mol. The number of alkyl halides is 1. The van der Waals surface area contributed by atoms with Crippen molar-refractivity contribution in [1.82, 2.24) is 4.31 Å². The second kappa shape index (κ2) is 7.07. The molecule has 21 heavy (non-hydrogen) atoms.